The molecular weight excluding hydrogens is 550 g/mol. The summed E-state index contributed by atoms with van der Waals surface area (Å²) in [5.41, 5.74) is 5.52. The minimum absolute atomic E-state index is 0. The second-order valence-corrected chi connectivity index (χ2v) is 8.33. The molecule has 1 aliphatic rings. The van der Waals surface area contributed by atoms with Gasteiger partial charge in [-0.1, -0.05) is 30.7 Å². The first-order valence-electron chi connectivity index (χ1n) is 11.7. The summed E-state index contributed by atoms with van der Waals surface area (Å²) >= 11 is 0. The minimum atomic E-state index is 0. The molecule has 4 aromatic rings. The molecule has 0 amide bonds. The summed E-state index contributed by atoms with van der Waals surface area (Å²) in [4.78, 5) is 16.3. The summed E-state index contributed by atoms with van der Waals surface area (Å²) in [5.74, 6) is 0.903. The van der Waals surface area contributed by atoms with Crippen LogP contribution in [0.1, 0.15) is 19.3 Å². The van der Waals surface area contributed by atoms with E-state index in [2.05, 4.69) is 39.1 Å². The van der Waals surface area contributed by atoms with E-state index in [1.807, 2.05) is 48.5 Å². The van der Waals surface area contributed by atoms with Crippen LogP contribution in [-0.2, 0) is 20.4 Å². The number of hydrogen-bond acceptors (Lipinski definition) is 5. The number of benzene rings is 1. The maximum absolute atomic E-state index is 6.01. The molecule has 7 heteroatoms. The van der Waals surface area contributed by atoms with E-state index in [1.54, 1.807) is 12.4 Å². The van der Waals surface area contributed by atoms with Crippen LogP contribution < -0.4 is 17.1 Å². The van der Waals surface area contributed by atoms with Crippen LogP contribution in [0.3, 0.4) is 0 Å². The van der Waals surface area contributed by atoms with Crippen molar-refractivity contribution < 1.29 is 37.6 Å². The molecule has 5 rings (SSSR count). The van der Waals surface area contributed by atoms with Gasteiger partial charge in [-0.25, -0.2) is 4.98 Å². The third-order valence-electron chi connectivity index (χ3n) is 5.99. The molecule has 0 atom stereocenters. The zero-order valence-electron chi connectivity index (χ0n) is 19.4. The van der Waals surface area contributed by atoms with Crippen molar-refractivity contribution in [2.75, 3.05) is 26.2 Å². The number of halogens is 1. The number of pyridine rings is 3. The van der Waals surface area contributed by atoms with Crippen LogP contribution in [0.25, 0.3) is 33.9 Å². The van der Waals surface area contributed by atoms with Crippen molar-refractivity contribution >= 4 is 0 Å². The molecule has 1 aromatic carbocycles. The van der Waals surface area contributed by atoms with E-state index in [1.165, 1.54) is 32.4 Å². The van der Waals surface area contributed by atoms with E-state index in [4.69, 9.17) is 9.72 Å². The summed E-state index contributed by atoms with van der Waals surface area (Å²) in [6, 6.07) is 24.2. The van der Waals surface area contributed by atoms with Crippen molar-refractivity contribution in [3.63, 3.8) is 0 Å². The Labute approximate surface area is 227 Å². The summed E-state index contributed by atoms with van der Waals surface area (Å²) in [5, 5.41) is 0. The van der Waals surface area contributed by atoms with Crippen molar-refractivity contribution in [1.82, 2.24) is 19.9 Å². The van der Waals surface area contributed by atoms with Gasteiger partial charge in [-0.3, -0.25) is 14.9 Å². The first-order chi connectivity index (χ1) is 16.3. The van der Waals surface area contributed by atoms with Gasteiger partial charge >= 0.3 is 20.4 Å². The molecular formula is C28H28ClN4OPd+. The van der Waals surface area contributed by atoms with E-state index in [-0.39, 0.29) is 32.8 Å². The molecule has 5 nitrogen and oxygen atoms in total. The van der Waals surface area contributed by atoms with Crippen molar-refractivity contribution in [1.29, 1.82) is 0 Å². The quantitative estimate of drug-likeness (QED) is 0.316. The van der Waals surface area contributed by atoms with Gasteiger partial charge in [0.25, 0.3) is 0 Å². The van der Waals surface area contributed by atoms with Crippen LogP contribution in [-0.4, -0.2) is 46.1 Å². The van der Waals surface area contributed by atoms with Gasteiger partial charge in [0.1, 0.15) is 12.4 Å². The number of nitrogens with zero attached hydrogens (tertiary/aromatic N) is 4. The van der Waals surface area contributed by atoms with E-state index < -0.39 is 0 Å². The van der Waals surface area contributed by atoms with Gasteiger partial charge in [0.2, 0.25) is 0 Å². The molecule has 0 bridgehead atoms. The smallest absolute Gasteiger partial charge is 1.00 e. The van der Waals surface area contributed by atoms with Crippen molar-refractivity contribution in [3.8, 4) is 39.7 Å². The Balaban J connectivity index is 0.00000171. The summed E-state index contributed by atoms with van der Waals surface area (Å²) in [6.45, 7) is 4.11. The number of hydrogen-bond donors (Lipinski definition) is 0. The molecule has 1 fully saturated rings. The number of rotatable bonds is 7. The first kappa shape index (κ1) is 27.0. The molecule has 0 unspecified atom stereocenters. The van der Waals surface area contributed by atoms with Gasteiger partial charge in [0, 0.05) is 18.9 Å². The second-order valence-electron chi connectivity index (χ2n) is 8.33. The van der Waals surface area contributed by atoms with Crippen LogP contribution in [0.2, 0.25) is 0 Å². The van der Waals surface area contributed by atoms with Crippen LogP contribution in [0.5, 0.6) is 5.75 Å². The Kier molecular flexibility index (Phi) is 10.4. The van der Waals surface area contributed by atoms with Gasteiger partial charge in [-0.05, 0) is 85.6 Å². The molecule has 0 saturated carbocycles. The van der Waals surface area contributed by atoms with Crippen molar-refractivity contribution in [2.24, 2.45) is 0 Å². The first-order valence-corrected chi connectivity index (χ1v) is 11.7. The number of likely N-dealkylation sites (tertiary alicyclic amines) is 1. The molecule has 1 saturated heterocycles. The predicted molar refractivity (Wildman–Crippen MR) is 132 cm³/mol. The topological polar surface area (TPSA) is 51.1 Å². The van der Waals surface area contributed by atoms with Crippen LogP contribution >= 0.6 is 0 Å². The summed E-state index contributed by atoms with van der Waals surface area (Å²) in [7, 11) is 0. The fourth-order valence-corrected chi connectivity index (χ4v) is 4.21. The van der Waals surface area contributed by atoms with Gasteiger partial charge in [0.15, 0.2) is 0 Å². The van der Waals surface area contributed by atoms with E-state index in [0.29, 0.717) is 0 Å². The predicted octanol–water partition coefficient (Wildman–Crippen LogP) is 2.74. The molecule has 0 aliphatic carbocycles. The van der Waals surface area contributed by atoms with E-state index >= 15 is 0 Å². The summed E-state index contributed by atoms with van der Waals surface area (Å²) < 4.78 is 6.01. The normalized spacial score (nSPS) is 13.4. The molecule has 182 valence electrons. The second kappa shape index (κ2) is 13.5. The van der Waals surface area contributed by atoms with E-state index in [0.717, 1.165) is 52.8 Å². The maximum atomic E-state index is 6.01. The van der Waals surface area contributed by atoms with Gasteiger partial charge in [-0.2, -0.15) is 0 Å². The molecule has 0 N–H and O–H groups in total. The minimum Gasteiger partial charge on any atom is -1.00 e. The Morgan fingerprint density at radius 2 is 1.29 bits per heavy atom. The third kappa shape index (κ3) is 7.19. The number of piperidine rings is 1. The molecule has 0 spiro atoms. The molecule has 0 radical (unpaired) electrons. The fourth-order valence-electron chi connectivity index (χ4n) is 4.21. The SMILES string of the molecule is [Cl-].[Pd+2].c1ccc(-c2cc(-c3ccc(OCCN4CCCCC4)cc3)cc(-c3ccccn3)n2)nc1. The Bertz CT molecular complexity index is 1110. The van der Waals surface area contributed by atoms with Gasteiger partial charge in [0.05, 0.1) is 22.8 Å². The van der Waals surface area contributed by atoms with Crippen molar-refractivity contribution in [2.45, 2.75) is 19.3 Å². The molecule has 1 aliphatic heterocycles. The van der Waals surface area contributed by atoms with Crippen LogP contribution in [0, 0.1) is 0 Å². The Morgan fingerprint density at radius 3 is 1.83 bits per heavy atom. The largest absolute Gasteiger partial charge is 2.00 e. The molecule has 3 aromatic heterocycles. The monoisotopic (exact) mass is 577 g/mol. The zero-order chi connectivity index (χ0) is 22.3. The molecule has 4 heterocycles. The van der Waals surface area contributed by atoms with Crippen LogP contribution in [0.4, 0.5) is 0 Å². The third-order valence-corrected chi connectivity index (χ3v) is 5.99. The standard InChI is InChI=1S/C28H28N4O.ClH.Pd/c1-6-16-32(17-7-1)18-19-33-24-12-10-22(11-13-24)23-20-27(25-8-2-4-14-29-25)31-28(21-23)26-9-3-5-15-30-26;;/h2-5,8-15,20-21H,1,6-7,16-19H2;1H;/q;;+2/p-1. The maximum Gasteiger partial charge on any atom is 2.00 e. The number of ether oxygens (including phenoxy) is 1. The van der Waals surface area contributed by atoms with E-state index in [9.17, 15) is 0 Å². The molecule has 35 heavy (non-hydrogen) atoms. The summed E-state index contributed by atoms with van der Waals surface area (Å²) in [6.07, 6.45) is 7.56. The average Bonchev–Trinajstić information content (AvgIpc) is 2.90. The van der Waals surface area contributed by atoms with Crippen molar-refractivity contribution in [3.05, 3.63) is 85.2 Å². The Hall–Kier alpha value is -2.62. The van der Waals surface area contributed by atoms with Gasteiger partial charge in [-0.15, -0.1) is 0 Å². The Morgan fingerprint density at radius 1 is 0.686 bits per heavy atom. The average molecular weight is 578 g/mol. The fraction of sp³-hybridized carbons (Fsp3) is 0.250. The van der Waals surface area contributed by atoms with Gasteiger partial charge < -0.3 is 17.1 Å². The van der Waals surface area contributed by atoms with Crippen LogP contribution in [0.15, 0.2) is 85.2 Å². The zero-order valence-corrected chi connectivity index (χ0v) is 21.7. The number of aromatic nitrogens is 3.